The van der Waals surface area contributed by atoms with Crippen LogP contribution in [0.4, 0.5) is 0 Å². The fraction of sp³-hybridized carbons (Fsp3) is 0.533. The second kappa shape index (κ2) is 7.00. The van der Waals surface area contributed by atoms with E-state index in [4.69, 9.17) is 14.2 Å². The summed E-state index contributed by atoms with van der Waals surface area (Å²) >= 11 is 0. The number of ether oxygens (including phenoxy) is 3. The summed E-state index contributed by atoms with van der Waals surface area (Å²) in [6.07, 6.45) is 0.496. The van der Waals surface area contributed by atoms with Crippen molar-refractivity contribution in [2.24, 2.45) is 0 Å². The minimum atomic E-state index is -3.56. The molecule has 0 spiro atoms. The molecule has 7 heteroatoms. The fourth-order valence-electron chi connectivity index (χ4n) is 1.86. The molecule has 0 aliphatic heterocycles. The third kappa shape index (κ3) is 4.37. The zero-order valence-electron chi connectivity index (χ0n) is 13.7. The quantitative estimate of drug-likeness (QED) is 0.746. The van der Waals surface area contributed by atoms with Gasteiger partial charge in [-0.05, 0) is 39.8 Å². The summed E-state index contributed by atoms with van der Waals surface area (Å²) in [5.41, 5.74) is -0.0205. The van der Waals surface area contributed by atoms with Crippen LogP contribution in [0.5, 0.6) is 11.5 Å². The van der Waals surface area contributed by atoms with Gasteiger partial charge in [-0.15, -0.1) is 0 Å². The summed E-state index contributed by atoms with van der Waals surface area (Å²) in [6.45, 7) is 7.00. The van der Waals surface area contributed by atoms with Crippen LogP contribution in [-0.2, 0) is 14.6 Å². The predicted molar refractivity (Wildman–Crippen MR) is 82.4 cm³/mol. The van der Waals surface area contributed by atoms with Crippen molar-refractivity contribution in [1.82, 2.24) is 0 Å². The van der Waals surface area contributed by atoms with Gasteiger partial charge in [-0.3, -0.25) is 0 Å². The molecule has 0 saturated carbocycles. The number of hydrogen-bond donors (Lipinski definition) is 0. The van der Waals surface area contributed by atoms with Gasteiger partial charge >= 0.3 is 5.97 Å². The summed E-state index contributed by atoms with van der Waals surface area (Å²) in [6, 6.07) is 2.80. The smallest absolute Gasteiger partial charge is 0.346 e. The van der Waals surface area contributed by atoms with Crippen LogP contribution in [-0.4, -0.2) is 40.0 Å². The van der Waals surface area contributed by atoms with Crippen LogP contribution in [0.3, 0.4) is 0 Å². The van der Waals surface area contributed by atoms with E-state index in [1.54, 1.807) is 27.7 Å². The topological polar surface area (TPSA) is 78.9 Å². The second-order valence-electron chi connectivity index (χ2n) is 5.36. The van der Waals surface area contributed by atoms with Crippen LogP contribution < -0.4 is 9.47 Å². The highest BCUT2D eigenvalue weighted by Gasteiger charge is 2.28. The molecule has 0 heterocycles. The van der Waals surface area contributed by atoms with Crippen LogP contribution in [0.2, 0.25) is 0 Å². The predicted octanol–water partition coefficient (Wildman–Crippen LogP) is 2.45. The first-order valence-electron chi connectivity index (χ1n) is 6.86. The Morgan fingerprint density at radius 3 is 2.09 bits per heavy atom. The maximum Gasteiger partial charge on any atom is 0.346 e. The highest BCUT2D eigenvalue weighted by atomic mass is 32.2. The first-order valence-corrected chi connectivity index (χ1v) is 8.75. The highest BCUT2D eigenvalue weighted by molar-refractivity contribution is 7.90. The van der Waals surface area contributed by atoms with E-state index in [1.807, 2.05) is 0 Å². The molecule has 1 aromatic rings. The maximum absolute atomic E-state index is 12.3. The van der Waals surface area contributed by atoms with Crippen molar-refractivity contribution in [3.8, 4) is 11.5 Å². The zero-order chi connectivity index (χ0) is 17.1. The van der Waals surface area contributed by atoms with Crippen LogP contribution in [0.25, 0.3) is 0 Å². The van der Waals surface area contributed by atoms with Gasteiger partial charge in [-0.1, -0.05) is 0 Å². The van der Waals surface area contributed by atoms with E-state index in [0.717, 1.165) is 6.26 Å². The van der Waals surface area contributed by atoms with E-state index in [1.165, 1.54) is 19.2 Å². The Kier molecular flexibility index (Phi) is 5.82. The summed E-state index contributed by atoms with van der Waals surface area (Å²) in [7, 11) is -2.26. The molecule has 22 heavy (non-hydrogen) atoms. The molecule has 0 aromatic heterocycles. The number of hydrogen-bond acceptors (Lipinski definition) is 6. The average molecular weight is 330 g/mol. The molecule has 1 aromatic carbocycles. The number of rotatable bonds is 6. The van der Waals surface area contributed by atoms with Crippen LogP contribution in [0.15, 0.2) is 17.0 Å². The lowest BCUT2D eigenvalue weighted by atomic mass is 10.1. The number of esters is 1. The number of benzene rings is 1. The van der Waals surface area contributed by atoms with Crippen molar-refractivity contribution < 1.29 is 27.4 Å². The van der Waals surface area contributed by atoms with Crippen LogP contribution in [0.1, 0.15) is 38.1 Å². The van der Waals surface area contributed by atoms with Gasteiger partial charge in [0.05, 0.1) is 19.3 Å². The van der Waals surface area contributed by atoms with E-state index in [9.17, 15) is 13.2 Å². The van der Waals surface area contributed by atoms with E-state index in [-0.39, 0.29) is 34.2 Å². The van der Waals surface area contributed by atoms with Crippen molar-refractivity contribution in [2.75, 3.05) is 13.4 Å². The van der Waals surface area contributed by atoms with Gasteiger partial charge in [0.1, 0.15) is 16.2 Å². The number of carbonyl (C=O) groups is 1. The molecule has 0 unspecified atom stereocenters. The van der Waals surface area contributed by atoms with Gasteiger partial charge in [0.2, 0.25) is 0 Å². The molecular formula is C15H22O6S. The SMILES string of the molecule is COc1c(S(C)(=O)=O)ccc(OC(C)C)c1C(=O)OC(C)C. The second-order valence-corrected chi connectivity index (χ2v) is 7.35. The summed E-state index contributed by atoms with van der Waals surface area (Å²) in [5.74, 6) is -0.524. The van der Waals surface area contributed by atoms with E-state index >= 15 is 0 Å². The minimum absolute atomic E-state index is 0.0205. The van der Waals surface area contributed by atoms with Gasteiger partial charge < -0.3 is 14.2 Å². The molecule has 0 amide bonds. The zero-order valence-corrected chi connectivity index (χ0v) is 14.5. The standard InChI is InChI=1S/C15H22O6S/c1-9(2)20-11-7-8-12(22(6,17)18)14(19-5)13(11)15(16)21-10(3)4/h7-10H,1-6H3. The monoisotopic (exact) mass is 330 g/mol. The van der Waals surface area contributed by atoms with Crippen molar-refractivity contribution in [3.05, 3.63) is 17.7 Å². The largest absolute Gasteiger partial charge is 0.494 e. The molecule has 0 N–H and O–H groups in total. The molecule has 0 saturated heterocycles. The van der Waals surface area contributed by atoms with E-state index in [2.05, 4.69) is 0 Å². The van der Waals surface area contributed by atoms with Gasteiger partial charge in [0.25, 0.3) is 0 Å². The normalized spacial score (nSPS) is 11.6. The Hall–Kier alpha value is -1.76. The first-order chi connectivity index (χ1) is 10.1. The van der Waals surface area contributed by atoms with Crippen LogP contribution >= 0.6 is 0 Å². The number of sulfone groups is 1. The van der Waals surface area contributed by atoms with Crippen molar-refractivity contribution >= 4 is 15.8 Å². The average Bonchev–Trinajstić information content (AvgIpc) is 2.34. The van der Waals surface area contributed by atoms with E-state index in [0.29, 0.717) is 0 Å². The third-order valence-corrected chi connectivity index (χ3v) is 3.72. The molecule has 0 atom stereocenters. The molecule has 0 aliphatic carbocycles. The van der Waals surface area contributed by atoms with Gasteiger partial charge in [0.15, 0.2) is 15.6 Å². The van der Waals surface area contributed by atoms with Crippen molar-refractivity contribution in [3.63, 3.8) is 0 Å². The highest BCUT2D eigenvalue weighted by Crippen LogP contribution is 2.36. The molecule has 0 bridgehead atoms. The fourth-order valence-corrected chi connectivity index (χ4v) is 2.70. The van der Waals surface area contributed by atoms with Crippen molar-refractivity contribution in [1.29, 1.82) is 0 Å². The number of methoxy groups -OCH3 is 1. The molecular weight excluding hydrogens is 308 g/mol. The van der Waals surface area contributed by atoms with Crippen LogP contribution in [0, 0.1) is 0 Å². The summed E-state index contributed by atoms with van der Waals surface area (Å²) in [4.78, 5) is 12.3. The molecule has 1 rings (SSSR count). The Bertz CT molecular complexity index is 646. The molecule has 0 radical (unpaired) electrons. The Balaban J connectivity index is 3.59. The Morgan fingerprint density at radius 1 is 1.09 bits per heavy atom. The van der Waals surface area contributed by atoms with Gasteiger partial charge in [0, 0.05) is 6.26 Å². The van der Waals surface area contributed by atoms with Gasteiger partial charge in [-0.2, -0.15) is 0 Å². The lowest BCUT2D eigenvalue weighted by molar-refractivity contribution is 0.0367. The minimum Gasteiger partial charge on any atom is -0.494 e. The summed E-state index contributed by atoms with van der Waals surface area (Å²) < 4.78 is 39.7. The number of carbonyl (C=O) groups excluding carboxylic acids is 1. The Morgan fingerprint density at radius 2 is 1.68 bits per heavy atom. The Labute approximate surface area is 131 Å². The molecule has 0 aliphatic rings. The third-order valence-electron chi connectivity index (χ3n) is 2.60. The lowest BCUT2D eigenvalue weighted by Crippen LogP contribution is -2.17. The molecule has 124 valence electrons. The first kappa shape index (κ1) is 18.3. The maximum atomic E-state index is 12.3. The van der Waals surface area contributed by atoms with Crippen molar-refractivity contribution in [2.45, 2.75) is 44.8 Å². The lowest BCUT2D eigenvalue weighted by Gasteiger charge is -2.19. The molecule has 0 fully saturated rings. The van der Waals surface area contributed by atoms with E-state index < -0.39 is 15.8 Å². The summed E-state index contributed by atoms with van der Waals surface area (Å²) in [5, 5.41) is 0. The molecule has 6 nitrogen and oxygen atoms in total. The van der Waals surface area contributed by atoms with Gasteiger partial charge in [-0.25, -0.2) is 13.2 Å².